The third-order valence-corrected chi connectivity index (χ3v) is 0.822. The molecule has 5 heteroatoms. The highest BCUT2D eigenvalue weighted by atomic mass is 19.4. The minimum atomic E-state index is -4.40. The first kappa shape index (κ1) is 6.98. The summed E-state index contributed by atoms with van der Waals surface area (Å²) in [5.41, 5.74) is -0.994. The Morgan fingerprint density at radius 2 is 2.10 bits per heavy atom. The van der Waals surface area contributed by atoms with Crippen molar-refractivity contribution in [2.45, 2.75) is 6.18 Å². The number of alkyl halides is 3. The molecule has 10 heavy (non-hydrogen) atoms. The largest absolute Gasteiger partial charge is 0.435 e. The molecule has 0 atom stereocenters. The Morgan fingerprint density at radius 3 is 2.40 bits per heavy atom. The summed E-state index contributed by atoms with van der Waals surface area (Å²) in [4.78, 5) is 0. The molecule has 1 radical (unpaired) electrons. The van der Waals surface area contributed by atoms with E-state index >= 15 is 0 Å². The molecule has 53 valence electrons. The van der Waals surface area contributed by atoms with Crippen LogP contribution in [0.25, 0.3) is 0 Å². The van der Waals surface area contributed by atoms with E-state index in [1.165, 1.54) is 0 Å². The summed E-state index contributed by atoms with van der Waals surface area (Å²) in [6, 6.07) is 1.88. The fraction of sp³-hybridized carbons (Fsp3) is 0.200. The summed E-state index contributed by atoms with van der Waals surface area (Å²) in [5.74, 6) is 0. The van der Waals surface area contributed by atoms with Gasteiger partial charge in [-0.15, -0.1) is 10.2 Å². The second-order valence-electron chi connectivity index (χ2n) is 1.55. The minimum absolute atomic E-state index is 0.812. The Bertz CT molecular complexity index is 206. The Kier molecular flexibility index (Phi) is 1.57. The second kappa shape index (κ2) is 2.24. The molecule has 0 spiro atoms. The molecule has 0 bridgehead atoms. The summed E-state index contributed by atoms with van der Waals surface area (Å²) in [7, 11) is 0. The maximum absolute atomic E-state index is 11.7. The van der Waals surface area contributed by atoms with Crippen LogP contribution in [0.1, 0.15) is 5.69 Å². The number of aromatic nitrogens is 2. The van der Waals surface area contributed by atoms with Crippen molar-refractivity contribution < 1.29 is 13.2 Å². The molecule has 0 amide bonds. The van der Waals surface area contributed by atoms with Crippen LogP contribution in [0.2, 0.25) is 0 Å². The first-order valence-electron chi connectivity index (χ1n) is 2.37. The second-order valence-corrected chi connectivity index (χ2v) is 1.55. The van der Waals surface area contributed by atoms with Crippen molar-refractivity contribution in [3.05, 3.63) is 24.0 Å². The van der Waals surface area contributed by atoms with E-state index in [9.17, 15) is 13.2 Å². The topological polar surface area (TPSA) is 25.8 Å². The predicted octanol–water partition coefficient (Wildman–Crippen LogP) is 1.30. The van der Waals surface area contributed by atoms with Gasteiger partial charge in [0.2, 0.25) is 0 Å². The van der Waals surface area contributed by atoms with Crippen molar-refractivity contribution in [2.75, 3.05) is 0 Å². The predicted molar refractivity (Wildman–Crippen MR) is 25.9 cm³/mol. The van der Waals surface area contributed by atoms with Gasteiger partial charge in [0.1, 0.15) is 6.20 Å². The van der Waals surface area contributed by atoms with Crippen LogP contribution in [-0.4, -0.2) is 10.2 Å². The first-order chi connectivity index (χ1) is 4.61. The number of rotatable bonds is 0. The zero-order valence-corrected chi connectivity index (χ0v) is 4.68. The van der Waals surface area contributed by atoms with Crippen LogP contribution in [-0.2, 0) is 6.18 Å². The standard InChI is InChI=1S/C5H2F3N2/c6-5(7,8)4-2-1-3-9-10-4/h1-2H. The highest BCUT2D eigenvalue weighted by Gasteiger charge is 2.32. The van der Waals surface area contributed by atoms with Crippen molar-refractivity contribution in [1.82, 2.24) is 10.2 Å². The van der Waals surface area contributed by atoms with Crippen LogP contribution in [0, 0.1) is 6.20 Å². The number of halogens is 3. The van der Waals surface area contributed by atoms with E-state index in [2.05, 4.69) is 16.4 Å². The third-order valence-electron chi connectivity index (χ3n) is 0.822. The fourth-order valence-corrected chi connectivity index (χ4v) is 0.417. The molecule has 0 aliphatic carbocycles. The lowest BCUT2D eigenvalue weighted by Crippen LogP contribution is -2.07. The number of hydrogen-bond donors (Lipinski definition) is 0. The van der Waals surface area contributed by atoms with Gasteiger partial charge in [0.25, 0.3) is 0 Å². The number of hydrogen-bond acceptors (Lipinski definition) is 2. The van der Waals surface area contributed by atoms with Crippen LogP contribution in [0.4, 0.5) is 13.2 Å². The van der Waals surface area contributed by atoms with E-state index in [0.717, 1.165) is 12.1 Å². The molecular weight excluding hydrogens is 145 g/mol. The summed E-state index contributed by atoms with van der Waals surface area (Å²) in [6.07, 6.45) is -2.26. The summed E-state index contributed by atoms with van der Waals surface area (Å²) in [6.45, 7) is 0. The highest BCUT2D eigenvalue weighted by Crippen LogP contribution is 2.25. The van der Waals surface area contributed by atoms with E-state index in [1.807, 2.05) is 0 Å². The Hall–Kier alpha value is -1.13. The van der Waals surface area contributed by atoms with Gasteiger partial charge < -0.3 is 0 Å². The molecular formula is C5H2F3N2. The summed E-state index contributed by atoms with van der Waals surface area (Å²) >= 11 is 0. The molecule has 1 aromatic heterocycles. The van der Waals surface area contributed by atoms with Crippen LogP contribution in [0.3, 0.4) is 0 Å². The van der Waals surface area contributed by atoms with Crippen molar-refractivity contribution >= 4 is 0 Å². The van der Waals surface area contributed by atoms with Crippen molar-refractivity contribution in [3.63, 3.8) is 0 Å². The average molecular weight is 147 g/mol. The molecule has 0 aromatic carbocycles. The van der Waals surface area contributed by atoms with Crippen LogP contribution < -0.4 is 0 Å². The minimum Gasteiger partial charge on any atom is -0.164 e. The molecule has 1 heterocycles. The van der Waals surface area contributed by atoms with Gasteiger partial charge in [-0.1, -0.05) is 0 Å². The maximum Gasteiger partial charge on any atom is 0.435 e. The van der Waals surface area contributed by atoms with Crippen molar-refractivity contribution in [3.8, 4) is 0 Å². The molecule has 0 saturated heterocycles. The number of nitrogens with zero attached hydrogens (tertiary/aromatic N) is 2. The Morgan fingerprint density at radius 1 is 1.40 bits per heavy atom. The zero-order chi connectivity index (χ0) is 7.61. The van der Waals surface area contributed by atoms with Gasteiger partial charge in [-0.3, -0.25) is 0 Å². The van der Waals surface area contributed by atoms with Crippen molar-refractivity contribution in [2.24, 2.45) is 0 Å². The van der Waals surface area contributed by atoms with Gasteiger partial charge >= 0.3 is 6.18 Å². The van der Waals surface area contributed by atoms with Gasteiger partial charge in [0.15, 0.2) is 5.69 Å². The summed E-state index contributed by atoms with van der Waals surface area (Å²) in [5, 5.41) is 5.78. The molecule has 0 N–H and O–H groups in total. The molecule has 0 saturated carbocycles. The third kappa shape index (κ3) is 1.43. The molecule has 1 rings (SSSR count). The SMILES string of the molecule is FC(F)(F)c1cc[c]nn1. The lowest BCUT2D eigenvalue weighted by Gasteiger charge is -2.01. The molecule has 0 unspecified atom stereocenters. The smallest absolute Gasteiger partial charge is 0.164 e. The average Bonchev–Trinajstić information content (AvgIpc) is 1.88. The summed E-state index contributed by atoms with van der Waals surface area (Å²) < 4.78 is 35.0. The van der Waals surface area contributed by atoms with E-state index in [4.69, 9.17) is 0 Å². The van der Waals surface area contributed by atoms with Gasteiger partial charge in [-0.05, 0) is 12.1 Å². The van der Waals surface area contributed by atoms with E-state index in [1.54, 1.807) is 0 Å². The highest BCUT2D eigenvalue weighted by molar-refractivity contribution is 5.02. The maximum atomic E-state index is 11.7. The molecule has 0 fully saturated rings. The normalized spacial score (nSPS) is 11.5. The molecule has 2 nitrogen and oxygen atoms in total. The van der Waals surface area contributed by atoms with Crippen LogP contribution in [0.5, 0.6) is 0 Å². The van der Waals surface area contributed by atoms with Gasteiger partial charge in [-0.25, -0.2) is 0 Å². The lowest BCUT2D eigenvalue weighted by molar-refractivity contribution is -0.141. The fourth-order valence-electron chi connectivity index (χ4n) is 0.417. The van der Waals surface area contributed by atoms with E-state index in [-0.39, 0.29) is 0 Å². The molecule has 0 aliphatic heterocycles. The van der Waals surface area contributed by atoms with Gasteiger partial charge in [0, 0.05) is 0 Å². The lowest BCUT2D eigenvalue weighted by atomic mass is 10.4. The van der Waals surface area contributed by atoms with Crippen LogP contribution in [0.15, 0.2) is 12.1 Å². The van der Waals surface area contributed by atoms with Gasteiger partial charge in [0.05, 0.1) is 0 Å². The Balaban J connectivity index is 2.97. The van der Waals surface area contributed by atoms with Gasteiger partial charge in [-0.2, -0.15) is 13.2 Å². The zero-order valence-electron chi connectivity index (χ0n) is 4.68. The van der Waals surface area contributed by atoms with Crippen molar-refractivity contribution in [1.29, 1.82) is 0 Å². The van der Waals surface area contributed by atoms with E-state index < -0.39 is 11.9 Å². The Labute approximate surface area is 54.7 Å². The quantitative estimate of drug-likeness (QED) is 0.552. The molecule has 1 aromatic rings. The van der Waals surface area contributed by atoms with Crippen LogP contribution >= 0.6 is 0 Å². The first-order valence-corrected chi connectivity index (χ1v) is 2.37. The van der Waals surface area contributed by atoms with E-state index in [0.29, 0.717) is 0 Å². The monoisotopic (exact) mass is 147 g/mol. The molecule has 0 aliphatic rings.